The van der Waals surface area contributed by atoms with Crippen LogP contribution in [0.25, 0.3) is 0 Å². The van der Waals surface area contributed by atoms with E-state index in [-0.39, 0.29) is 5.91 Å². The van der Waals surface area contributed by atoms with Gasteiger partial charge in [0.25, 0.3) is 5.91 Å². The van der Waals surface area contributed by atoms with E-state index < -0.39 is 0 Å². The lowest BCUT2D eigenvalue weighted by Crippen LogP contribution is -2.30. The van der Waals surface area contributed by atoms with Crippen molar-refractivity contribution in [2.45, 2.75) is 13.1 Å². The number of hydrogen-bond donors (Lipinski definition) is 0. The van der Waals surface area contributed by atoms with Gasteiger partial charge in [-0.05, 0) is 29.3 Å². The summed E-state index contributed by atoms with van der Waals surface area (Å²) in [4.78, 5) is 15.0. The first-order valence-electron chi connectivity index (χ1n) is 8.27. The number of hydrogen-bond acceptors (Lipinski definition) is 2. The third-order valence-corrected chi connectivity index (χ3v) is 4.04. The minimum Gasteiger partial charge on any atom is -0.497 e. The second-order valence-electron chi connectivity index (χ2n) is 5.86. The lowest BCUT2D eigenvalue weighted by Gasteiger charge is -2.23. The van der Waals surface area contributed by atoms with Crippen LogP contribution in [0.2, 0.25) is 0 Å². The Labute approximate surface area is 148 Å². The van der Waals surface area contributed by atoms with Crippen LogP contribution in [0, 0.1) is 0 Å². The zero-order chi connectivity index (χ0) is 17.5. The molecule has 3 heteroatoms. The quantitative estimate of drug-likeness (QED) is 0.664. The second-order valence-corrected chi connectivity index (χ2v) is 5.86. The van der Waals surface area contributed by atoms with Crippen LogP contribution >= 0.6 is 0 Å². The summed E-state index contributed by atoms with van der Waals surface area (Å²) >= 11 is 0. The summed E-state index contributed by atoms with van der Waals surface area (Å²) in [5.74, 6) is 0.678. The molecule has 0 aliphatic heterocycles. The Morgan fingerprint density at radius 2 is 1.36 bits per heavy atom. The Morgan fingerprint density at radius 1 is 0.800 bits per heavy atom. The average molecular weight is 331 g/mol. The molecule has 0 heterocycles. The normalized spacial score (nSPS) is 10.3. The number of carbonyl (C=O) groups is 1. The van der Waals surface area contributed by atoms with Crippen LogP contribution in [-0.4, -0.2) is 17.9 Å². The Balaban J connectivity index is 1.87. The van der Waals surface area contributed by atoms with Gasteiger partial charge in [-0.25, -0.2) is 0 Å². The van der Waals surface area contributed by atoms with E-state index in [1.807, 2.05) is 83.8 Å². The number of amides is 1. The summed E-state index contributed by atoms with van der Waals surface area (Å²) in [6.07, 6.45) is 0. The summed E-state index contributed by atoms with van der Waals surface area (Å²) in [6, 6.07) is 27.4. The van der Waals surface area contributed by atoms with E-state index in [1.54, 1.807) is 13.2 Å². The predicted molar refractivity (Wildman–Crippen MR) is 99.5 cm³/mol. The zero-order valence-electron chi connectivity index (χ0n) is 14.3. The molecule has 0 aliphatic carbocycles. The zero-order valence-corrected chi connectivity index (χ0v) is 14.3. The van der Waals surface area contributed by atoms with Gasteiger partial charge in [0, 0.05) is 18.7 Å². The van der Waals surface area contributed by atoms with Gasteiger partial charge in [0.1, 0.15) is 5.75 Å². The van der Waals surface area contributed by atoms with Crippen molar-refractivity contribution < 1.29 is 9.53 Å². The highest BCUT2D eigenvalue weighted by atomic mass is 16.5. The Morgan fingerprint density at radius 3 is 1.88 bits per heavy atom. The van der Waals surface area contributed by atoms with Crippen LogP contribution in [0.4, 0.5) is 0 Å². The maximum Gasteiger partial charge on any atom is 0.254 e. The summed E-state index contributed by atoms with van der Waals surface area (Å²) < 4.78 is 5.25. The lowest BCUT2D eigenvalue weighted by molar-refractivity contribution is 0.0729. The van der Waals surface area contributed by atoms with Gasteiger partial charge < -0.3 is 9.64 Å². The fourth-order valence-corrected chi connectivity index (χ4v) is 2.75. The van der Waals surface area contributed by atoms with Crippen molar-refractivity contribution in [1.82, 2.24) is 4.90 Å². The van der Waals surface area contributed by atoms with Crippen molar-refractivity contribution in [1.29, 1.82) is 0 Å². The monoisotopic (exact) mass is 331 g/mol. The molecule has 0 atom stereocenters. The Hall–Kier alpha value is -3.07. The number of methoxy groups -OCH3 is 1. The van der Waals surface area contributed by atoms with Crippen molar-refractivity contribution in [3.8, 4) is 5.75 Å². The molecule has 0 saturated heterocycles. The van der Waals surface area contributed by atoms with Crippen LogP contribution in [0.15, 0.2) is 84.9 Å². The summed E-state index contributed by atoms with van der Waals surface area (Å²) in [6.45, 7) is 1.12. The molecule has 1 amide bonds. The summed E-state index contributed by atoms with van der Waals surface area (Å²) in [7, 11) is 1.61. The number of ether oxygens (including phenoxy) is 1. The van der Waals surface area contributed by atoms with E-state index in [1.165, 1.54) is 0 Å². The number of benzene rings is 3. The van der Waals surface area contributed by atoms with Crippen LogP contribution < -0.4 is 4.74 Å². The molecule has 0 spiro atoms. The van der Waals surface area contributed by atoms with E-state index in [0.29, 0.717) is 24.4 Å². The van der Waals surface area contributed by atoms with Gasteiger partial charge in [-0.3, -0.25) is 4.79 Å². The highest BCUT2D eigenvalue weighted by Gasteiger charge is 2.17. The van der Waals surface area contributed by atoms with Crippen molar-refractivity contribution >= 4 is 5.91 Å². The third-order valence-electron chi connectivity index (χ3n) is 4.04. The van der Waals surface area contributed by atoms with Gasteiger partial charge in [-0.15, -0.1) is 0 Å². The van der Waals surface area contributed by atoms with Gasteiger partial charge in [0.05, 0.1) is 7.11 Å². The first-order chi connectivity index (χ1) is 12.3. The van der Waals surface area contributed by atoms with Crippen molar-refractivity contribution in [3.63, 3.8) is 0 Å². The van der Waals surface area contributed by atoms with Gasteiger partial charge in [0.15, 0.2) is 0 Å². The van der Waals surface area contributed by atoms with Crippen LogP contribution in [0.3, 0.4) is 0 Å². The van der Waals surface area contributed by atoms with E-state index in [2.05, 4.69) is 0 Å². The largest absolute Gasteiger partial charge is 0.497 e. The minimum absolute atomic E-state index is 0.00777. The molecule has 0 saturated carbocycles. The SMILES string of the molecule is COc1cccc(C(=O)N(Cc2ccccc2)Cc2ccccc2)c1. The molecule has 3 nitrogen and oxygen atoms in total. The van der Waals surface area contributed by atoms with E-state index in [0.717, 1.165) is 11.1 Å². The molecule has 126 valence electrons. The topological polar surface area (TPSA) is 29.5 Å². The molecule has 3 rings (SSSR count). The van der Waals surface area contributed by atoms with E-state index >= 15 is 0 Å². The summed E-state index contributed by atoms with van der Waals surface area (Å²) in [5, 5.41) is 0. The Bertz CT molecular complexity index is 774. The number of nitrogens with zero attached hydrogens (tertiary/aromatic N) is 1. The molecule has 0 radical (unpaired) electrons. The fraction of sp³-hybridized carbons (Fsp3) is 0.136. The van der Waals surface area contributed by atoms with Gasteiger partial charge >= 0.3 is 0 Å². The second kappa shape index (κ2) is 8.15. The number of rotatable bonds is 6. The molecular formula is C22H21NO2. The highest BCUT2D eigenvalue weighted by molar-refractivity contribution is 5.94. The van der Waals surface area contributed by atoms with Crippen LogP contribution in [0.1, 0.15) is 21.5 Å². The van der Waals surface area contributed by atoms with Crippen LogP contribution in [0.5, 0.6) is 5.75 Å². The standard InChI is InChI=1S/C22H21NO2/c1-25-21-14-8-13-20(15-21)22(24)23(16-18-9-4-2-5-10-18)17-19-11-6-3-7-12-19/h2-15H,16-17H2,1H3. The van der Waals surface area contributed by atoms with E-state index in [4.69, 9.17) is 4.74 Å². The van der Waals surface area contributed by atoms with E-state index in [9.17, 15) is 4.79 Å². The molecule has 0 N–H and O–H groups in total. The lowest BCUT2D eigenvalue weighted by atomic mass is 10.1. The van der Waals surface area contributed by atoms with Crippen molar-refractivity contribution in [3.05, 3.63) is 102 Å². The third kappa shape index (κ3) is 4.48. The first kappa shape index (κ1) is 16.8. The molecule has 0 bridgehead atoms. The van der Waals surface area contributed by atoms with Gasteiger partial charge in [-0.2, -0.15) is 0 Å². The van der Waals surface area contributed by atoms with Gasteiger partial charge in [0.2, 0.25) is 0 Å². The van der Waals surface area contributed by atoms with Crippen LogP contribution in [-0.2, 0) is 13.1 Å². The molecular weight excluding hydrogens is 310 g/mol. The van der Waals surface area contributed by atoms with Crippen molar-refractivity contribution in [2.24, 2.45) is 0 Å². The molecule has 0 aromatic heterocycles. The molecule has 25 heavy (non-hydrogen) atoms. The average Bonchev–Trinajstić information content (AvgIpc) is 2.68. The molecule has 0 fully saturated rings. The minimum atomic E-state index is -0.00777. The molecule has 3 aromatic carbocycles. The van der Waals surface area contributed by atoms with Crippen molar-refractivity contribution in [2.75, 3.05) is 7.11 Å². The first-order valence-corrected chi connectivity index (χ1v) is 8.27. The molecule has 0 aliphatic rings. The Kier molecular flexibility index (Phi) is 5.47. The smallest absolute Gasteiger partial charge is 0.254 e. The maximum atomic E-state index is 13.1. The maximum absolute atomic E-state index is 13.1. The molecule has 3 aromatic rings. The van der Waals surface area contributed by atoms with Gasteiger partial charge in [-0.1, -0.05) is 66.7 Å². The summed E-state index contributed by atoms with van der Waals surface area (Å²) in [5.41, 5.74) is 2.84. The predicted octanol–water partition coefficient (Wildman–Crippen LogP) is 4.54. The number of carbonyl (C=O) groups excluding carboxylic acids is 1. The fourth-order valence-electron chi connectivity index (χ4n) is 2.75. The molecule has 0 unspecified atom stereocenters. The highest BCUT2D eigenvalue weighted by Crippen LogP contribution is 2.18.